The van der Waals surface area contributed by atoms with Crippen molar-refractivity contribution < 1.29 is 14.3 Å². The van der Waals surface area contributed by atoms with Gasteiger partial charge in [0.15, 0.2) is 11.5 Å². The molecule has 27 heavy (non-hydrogen) atoms. The topological polar surface area (TPSA) is 76.6 Å². The van der Waals surface area contributed by atoms with Gasteiger partial charge >= 0.3 is 0 Å². The van der Waals surface area contributed by atoms with E-state index in [0.29, 0.717) is 30.6 Å². The highest BCUT2D eigenvalue weighted by Crippen LogP contribution is 2.36. The summed E-state index contributed by atoms with van der Waals surface area (Å²) in [7, 11) is 1.65. The third kappa shape index (κ3) is 3.82. The number of carbonyl (C=O) groups excluding carboxylic acids is 1. The number of nitrogens with one attached hydrogen (secondary N) is 1. The lowest BCUT2D eigenvalue weighted by Crippen LogP contribution is -2.29. The number of rotatable bonds is 5. The first-order valence-corrected chi connectivity index (χ1v) is 9.38. The summed E-state index contributed by atoms with van der Waals surface area (Å²) in [5.41, 5.74) is 1.55. The van der Waals surface area contributed by atoms with E-state index in [-0.39, 0.29) is 5.91 Å². The number of para-hydroxylation sites is 1. The molecule has 2 aromatic rings. The maximum Gasteiger partial charge on any atom is 0.274 e. The van der Waals surface area contributed by atoms with E-state index in [1.807, 2.05) is 17.0 Å². The van der Waals surface area contributed by atoms with Gasteiger partial charge in [0.1, 0.15) is 11.5 Å². The minimum Gasteiger partial charge on any atom is -0.493 e. The lowest BCUT2D eigenvalue weighted by atomic mass is 9.96. The largest absolute Gasteiger partial charge is 0.493 e. The summed E-state index contributed by atoms with van der Waals surface area (Å²) in [6, 6.07) is 5.96. The van der Waals surface area contributed by atoms with Crippen LogP contribution in [0.5, 0.6) is 11.5 Å². The summed E-state index contributed by atoms with van der Waals surface area (Å²) in [4.78, 5) is 22.9. The van der Waals surface area contributed by atoms with Crippen molar-refractivity contribution in [1.82, 2.24) is 14.9 Å². The number of aromatic nitrogens is 2. The molecule has 7 nitrogen and oxygen atoms in total. The number of ether oxygens (including phenoxy) is 2. The van der Waals surface area contributed by atoms with Gasteiger partial charge in [-0.3, -0.25) is 9.78 Å². The highest BCUT2D eigenvalue weighted by molar-refractivity contribution is 5.92. The predicted molar refractivity (Wildman–Crippen MR) is 101 cm³/mol. The average molecular weight is 368 g/mol. The molecule has 2 aliphatic rings. The molecule has 1 amide bonds. The smallest absolute Gasteiger partial charge is 0.274 e. The van der Waals surface area contributed by atoms with Crippen LogP contribution < -0.4 is 14.8 Å². The number of fused-ring (bicyclic) bond motifs is 1. The fraction of sp³-hybridized carbons (Fsp3) is 0.450. The number of hydrogen-bond acceptors (Lipinski definition) is 6. The first-order valence-electron chi connectivity index (χ1n) is 9.38. The van der Waals surface area contributed by atoms with Crippen molar-refractivity contribution in [2.24, 2.45) is 5.92 Å². The molecule has 2 aliphatic heterocycles. The summed E-state index contributed by atoms with van der Waals surface area (Å²) in [6.45, 7) is 2.92. The number of hydrogen-bond donors (Lipinski definition) is 1. The molecule has 1 fully saturated rings. The fourth-order valence-corrected chi connectivity index (χ4v) is 3.63. The Bertz CT molecular complexity index is 821. The Morgan fingerprint density at radius 2 is 2.19 bits per heavy atom. The van der Waals surface area contributed by atoms with Gasteiger partial charge in [0.05, 0.1) is 26.1 Å². The van der Waals surface area contributed by atoms with Crippen molar-refractivity contribution in [3.05, 3.63) is 41.9 Å². The van der Waals surface area contributed by atoms with Crippen LogP contribution in [0.25, 0.3) is 0 Å². The molecule has 4 rings (SSSR count). The third-order valence-electron chi connectivity index (χ3n) is 5.07. The van der Waals surface area contributed by atoms with Crippen LogP contribution >= 0.6 is 0 Å². The van der Waals surface area contributed by atoms with Crippen molar-refractivity contribution in [2.75, 3.05) is 38.7 Å². The maximum absolute atomic E-state index is 12.5. The van der Waals surface area contributed by atoms with Crippen LogP contribution in [-0.4, -0.2) is 54.1 Å². The number of benzene rings is 1. The van der Waals surface area contributed by atoms with E-state index in [1.165, 1.54) is 6.20 Å². The molecule has 1 atom stereocenters. The van der Waals surface area contributed by atoms with Crippen molar-refractivity contribution in [1.29, 1.82) is 0 Å². The van der Waals surface area contributed by atoms with E-state index in [1.54, 1.807) is 13.3 Å². The molecular weight excluding hydrogens is 344 g/mol. The minimum atomic E-state index is -0.0364. The van der Waals surface area contributed by atoms with Crippen LogP contribution in [-0.2, 0) is 6.42 Å². The lowest BCUT2D eigenvalue weighted by Gasteiger charge is -2.26. The second-order valence-electron chi connectivity index (χ2n) is 7.00. The number of amides is 1. The van der Waals surface area contributed by atoms with Gasteiger partial charge in [-0.2, -0.15) is 0 Å². The molecule has 0 saturated carbocycles. The van der Waals surface area contributed by atoms with Gasteiger partial charge in [-0.1, -0.05) is 12.1 Å². The van der Waals surface area contributed by atoms with Crippen molar-refractivity contribution >= 4 is 11.7 Å². The van der Waals surface area contributed by atoms with Gasteiger partial charge in [-0.15, -0.1) is 0 Å². The van der Waals surface area contributed by atoms with E-state index < -0.39 is 0 Å². The average Bonchev–Trinajstić information content (AvgIpc) is 3.26. The molecule has 1 saturated heterocycles. The Hall–Kier alpha value is -2.83. The summed E-state index contributed by atoms with van der Waals surface area (Å²) in [5.74, 6) is 2.51. The second-order valence-corrected chi connectivity index (χ2v) is 7.00. The molecule has 0 spiro atoms. The van der Waals surface area contributed by atoms with E-state index in [2.05, 4.69) is 21.4 Å². The summed E-state index contributed by atoms with van der Waals surface area (Å²) < 4.78 is 11.3. The molecule has 0 aliphatic carbocycles. The van der Waals surface area contributed by atoms with Gasteiger partial charge in [0.25, 0.3) is 5.91 Å². The van der Waals surface area contributed by atoms with Crippen LogP contribution in [0.2, 0.25) is 0 Å². The highest BCUT2D eigenvalue weighted by atomic mass is 16.5. The summed E-state index contributed by atoms with van der Waals surface area (Å²) in [6.07, 6.45) is 6.22. The molecule has 1 aromatic carbocycles. The normalized spacial score (nSPS) is 18.6. The lowest BCUT2D eigenvalue weighted by molar-refractivity contribution is 0.0786. The van der Waals surface area contributed by atoms with Crippen LogP contribution in [0.3, 0.4) is 0 Å². The second kappa shape index (κ2) is 7.82. The first kappa shape index (κ1) is 17.6. The van der Waals surface area contributed by atoms with Gasteiger partial charge < -0.3 is 19.7 Å². The van der Waals surface area contributed by atoms with Crippen LogP contribution in [0.1, 0.15) is 28.9 Å². The number of methoxy groups -OCH3 is 1. The van der Waals surface area contributed by atoms with Gasteiger partial charge in [-0.05, 0) is 30.9 Å². The van der Waals surface area contributed by atoms with E-state index in [4.69, 9.17) is 9.47 Å². The number of likely N-dealkylation sites (tertiary alicyclic amines) is 1. The molecule has 0 bridgehead atoms. The van der Waals surface area contributed by atoms with Gasteiger partial charge in [-0.25, -0.2) is 4.98 Å². The molecule has 142 valence electrons. The summed E-state index contributed by atoms with van der Waals surface area (Å²) >= 11 is 0. The van der Waals surface area contributed by atoms with E-state index in [9.17, 15) is 4.79 Å². The molecule has 1 aromatic heterocycles. The third-order valence-corrected chi connectivity index (χ3v) is 5.07. The number of nitrogens with zero attached hydrogens (tertiary/aromatic N) is 3. The first-order chi connectivity index (χ1) is 13.2. The van der Waals surface area contributed by atoms with E-state index >= 15 is 0 Å². The number of carbonyl (C=O) groups is 1. The summed E-state index contributed by atoms with van der Waals surface area (Å²) in [5, 5.41) is 3.30. The van der Waals surface area contributed by atoms with Crippen molar-refractivity contribution in [3.63, 3.8) is 0 Å². The maximum atomic E-state index is 12.5. The number of anilines is 1. The Labute approximate surface area is 158 Å². The Balaban J connectivity index is 1.38. The predicted octanol–water partition coefficient (Wildman–Crippen LogP) is 2.38. The SMILES string of the molecule is COc1cccc2c1OC[C@@H](CNc1cncc(C(=O)N3CCCC3)n1)C2. The zero-order valence-corrected chi connectivity index (χ0v) is 15.5. The monoisotopic (exact) mass is 368 g/mol. The van der Waals surface area contributed by atoms with Crippen LogP contribution in [0.15, 0.2) is 30.6 Å². The Morgan fingerprint density at radius 1 is 1.33 bits per heavy atom. The highest BCUT2D eigenvalue weighted by Gasteiger charge is 2.23. The van der Waals surface area contributed by atoms with Gasteiger partial charge in [0, 0.05) is 25.6 Å². The fourth-order valence-electron chi connectivity index (χ4n) is 3.63. The van der Waals surface area contributed by atoms with E-state index in [0.717, 1.165) is 49.4 Å². The molecule has 0 unspecified atom stereocenters. The van der Waals surface area contributed by atoms with Crippen molar-refractivity contribution in [2.45, 2.75) is 19.3 Å². The van der Waals surface area contributed by atoms with Crippen molar-refractivity contribution in [3.8, 4) is 11.5 Å². The molecule has 0 radical (unpaired) electrons. The molecule has 1 N–H and O–H groups in total. The van der Waals surface area contributed by atoms with Crippen LogP contribution in [0, 0.1) is 5.92 Å². The minimum absolute atomic E-state index is 0.0364. The Kier molecular flexibility index (Phi) is 5.09. The quantitative estimate of drug-likeness (QED) is 0.873. The van der Waals surface area contributed by atoms with Crippen LogP contribution in [0.4, 0.5) is 5.82 Å². The Morgan fingerprint density at radius 3 is 3.00 bits per heavy atom. The zero-order chi connectivity index (χ0) is 18.6. The zero-order valence-electron chi connectivity index (χ0n) is 15.5. The molecular formula is C20H24N4O3. The standard InChI is InChI=1S/C20H24N4O3/c1-26-17-6-4-5-15-9-14(13-27-19(15)17)10-22-18-12-21-11-16(23-18)20(25)24-7-2-3-8-24/h4-6,11-12,14H,2-3,7-10,13H2,1H3,(H,22,23)/t14-/m1/s1. The molecule has 7 heteroatoms. The van der Waals surface area contributed by atoms with Gasteiger partial charge in [0.2, 0.25) is 0 Å². The molecule has 3 heterocycles.